The fourth-order valence-electron chi connectivity index (χ4n) is 2.09. The van der Waals surface area contributed by atoms with Crippen LogP contribution in [-0.4, -0.2) is 5.78 Å². The highest BCUT2D eigenvalue weighted by Crippen LogP contribution is 2.30. The molecule has 0 fully saturated rings. The van der Waals surface area contributed by atoms with Gasteiger partial charge in [-0.25, -0.2) is 0 Å². The molecule has 0 amide bonds. The van der Waals surface area contributed by atoms with Crippen molar-refractivity contribution in [1.82, 2.24) is 0 Å². The molecule has 0 spiro atoms. The van der Waals surface area contributed by atoms with Gasteiger partial charge in [-0.2, -0.15) is 0 Å². The average Bonchev–Trinajstić information content (AvgIpc) is 2.75. The second-order valence-corrected chi connectivity index (χ2v) is 11.8. The summed E-state index contributed by atoms with van der Waals surface area (Å²) in [7, 11) is 0. The summed E-state index contributed by atoms with van der Waals surface area (Å²) in [4.78, 5) is 13.4. The van der Waals surface area contributed by atoms with Crippen molar-refractivity contribution in [3.8, 4) is 47.4 Å². The second kappa shape index (κ2) is 8.63. The number of Topliss-reactive ketones (excluding diaryl/α,β-unsaturated/α-hetero) is 1. The zero-order valence-corrected chi connectivity index (χ0v) is 20.9. The Morgan fingerprint density at radius 3 is 0.800 bits per heavy atom. The van der Waals surface area contributed by atoms with Gasteiger partial charge in [-0.3, -0.25) is 4.79 Å². The Morgan fingerprint density at radius 1 is 0.400 bits per heavy atom. The molecule has 0 N–H and O–H groups in total. The first kappa shape index (κ1) is 25.4. The Balaban J connectivity index is 3.92. The minimum atomic E-state index is -0.229. The van der Waals surface area contributed by atoms with Crippen molar-refractivity contribution in [2.75, 3.05) is 0 Å². The number of allylic oxidation sites excluding steroid dienone is 4. The van der Waals surface area contributed by atoms with Crippen molar-refractivity contribution in [1.29, 1.82) is 0 Å². The summed E-state index contributed by atoms with van der Waals surface area (Å²) in [5.41, 5.74) is 1.18. The topological polar surface area (TPSA) is 17.1 Å². The number of ketones is 1. The van der Waals surface area contributed by atoms with Gasteiger partial charge in [0.15, 0.2) is 0 Å². The van der Waals surface area contributed by atoms with Crippen molar-refractivity contribution >= 4 is 5.78 Å². The van der Waals surface area contributed by atoms with Crippen molar-refractivity contribution in [2.45, 2.75) is 83.1 Å². The van der Waals surface area contributed by atoms with Crippen LogP contribution in [0.15, 0.2) is 22.3 Å². The second-order valence-electron chi connectivity index (χ2n) is 11.8. The third-order valence-electron chi connectivity index (χ3n) is 3.45. The molecule has 0 aliphatic heterocycles. The summed E-state index contributed by atoms with van der Waals surface area (Å²) >= 11 is 0. The van der Waals surface area contributed by atoms with E-state index in [1.807, 2.05) is 83.1 Å². The summed E-state index contributed by atoms with van der Waals surface area (Å²) in [6.07, 6.45) is 0. The summed E-state index contributed by atoms with van der Waals surface area (Å²) < 4.78 is 0. The first-order chi connectivity index (χ1) is 13.3. The normalized spacial score (nSPS) is 14.7. The van der Waals surface area contributed by atoms with Crippen LogP contribution >= 0.6 is 0 Å². The van der Waals surface area contributed by atoms with Gasteiger partial charge in [-0.1, -0.05) is 47.4 Å². The Kier molecular flexibility index (Phi) is 7.32. The number of hydrogen-bond donors (Lipinski definition) is 0. The Morgan fingerprint density at radius 2 is 0.600 bits per heavy atom. The number of carbonyl (C=O) groups excluding carboxylic acids is 1. The van der Waals surface area contributed by atoms with E-state index in [0.717, 1.165) is 0 Å². The van der Waals surface area contributed by atoms with Crippen LogP contribution in [0, 0.1) is 69.0 Å². The Hall–Kier alpha value is -2.61. The van der Waals surface area contributed by atoms with E-state index in [-0.39, 0.29) is 27.4 Å². The van der Waals surface area contributed by atoms with Crippen molar-refractivity contribution < 1.29 is 4.79 Å². The molecule has 0 aromatic rings. The minimum absolute atomic E-state index is 0.167. The molecule has 1 rings (SSSR count). The van der Waals surface area contributed by atoms with Crippen molar-refractivity contribution in [2.24, 2.45) is 21.7 Å². The summed E-state index contributed by atoms with van der Waals surface area (Å²) in [5.74, 6) is 25.4. The average molecular weight is 401 g/mol. The Bertz CT molecular complexity index is 942. The van der Waals surface area contributed by atoms with E-state index >= 15 is 0 Å². The lowest BCUT2D eigenvalue weighted by molar-refractivity contribution is -0.111. The van der Waals surface area contributed by atoms with Gasteiger partial charge in [0.2, 0.25) is 5.78 Å². The summed E-state index contributed by atoms with van der Waals surface area (Å²) in [6, 6.07) is 0. The zero-order valence-electron chi connectivity index (χ0n) is 20.9. The third-order valence-corrected chi connectivity index (χ3v) is 3.45. The molecular formula is C29H36O. The van der Waals surface area contributed by atoms with Crippen LogP contribution in [0.1, 0.15) is 83.1 Å². The molecule has 1 nitrogen and oxygen atoms in total. The molecule has 1 aliphatic rings. The van der Waals surface area contributed by atoms with Crippen molar-refractivity contribution in [3.05, 3.63) is 22.3 Å². The van der Waals surface area contributed by atoms with Gasteiger partial charge in [0.1, 0.15) is 0 Å². The lowest BCUT2D eigenvalue weighted by Crippen LogP contribution is -2.05. The van der Waals surface area contributed by atoms with Crippen LogP contribution in [0.3, 0.4) is 0 Å². The lowest BCUT2D eigenvalue weighted by Gasteiger charge is -2.09. The maximum atomic E-state index is 13.4. The zero-order chi connectivity index (χ0) is 23.5. The van der Waals surface area contributed by atoms with E-state index < -0.39 is 0 Å². The standard InChI is InChI=1S/C29H36O/c1-26(2,3)17-13-21-22(14-18-27(4,5)6)24(16-20-29(10,11)12)25(30)23(21)15-19-28(7,8)9/h1-12H3. The molecule has 1 aliphatic carbocycles. The first-order valence-corrected chi connectivity index (χ1v) is 10.5. The molecule has 0 saturated carbocycles. The maximum Gasteiger partial charge on any atom is 0.212 e. The SMILES string of the molecule is CC(C)(C)C#CC1=C(C#CC(C)(C)C)C(C#CC(C)(C)C)=C(C#CC(C)(C)C)C1=O. The molecule has 1 heteroatoms. The third kappa shape index (κ3) is 8.82. The largest absolute Gasteiger partial charge is 0.287 e. The van der Waals surface area contributed by atoms with E-state index in [2.05, 4.69) is 47.4 Å². The molecular weight excluding hydrogens is 364 g/mol. The number of rotatable bonds is 0. The predicted octanol–water partition coefficient (Wildman–Crippen LogP) is 6.36. The van der Waals surface area contributed by atoms with E-state index in [0.29, 0.717) is 22.3 Å². The highest BCUT2D eigenvalue weighted by Gasteiger charge is 2.30. The highest BCUT2D eigenvalue weighted by atomic mass is 16.1. The molecule has 0 atom stereocenters. The molecule has 0 saturated heterocycles. The van der Waals surface area contributed by atoms with Gasteiger partial charge < -0.3 is 0 Å². The van der Waals surface area contributed by atoms with E-state index in [4.69, 9.17) is 0 Å². The number of carbonyl (C=O) groups is 1. The van der Waals surface area contributed by atoms with Crippen LogP contribution in [0.4, 0.5) is 0 Å². The molecule has 158 valence electrons. The fourth-order valence-corrected chi connectivity index (χ4v) is 2.09. The van der Waals surface area contributed by atoms with Crippen molar-refractivity contribution in [3.63, 3.8) is 0 Å². The van der Waals surface area contributed by atoms with Crippen LogP contribution in [0.25, 0.3) is 0 Å². The van der Waals surface area contributed by atoms with Crippen LogP contribution in [0.2, 0.25) is 0 Å². The smallest absolute Gasteiger partial charge is 0.212 e. The first-order valence-electron chi connectivity index (χ1n) is 10.5. The van der Waals surface area contributed by atoms with E-state index in [9.17, 15) is 4.79 Å². The molecule has 0 radical (unpaired) electrons. The van der Waals surface area contributed by atoms with Crippen LogP contribution < -0.4 is 0 Å². The number of hydrogen-bond acceptors (Lipinski definition) is 1. The van der Waals surface area contributed by atoms with Gasteiger partial charge in [-0.05, 0) is 83.1 Å². The van der Waals surface area contributed by atoms with Gasteiger partial charge in [-0.15, -0.1) is 0 Å². The summed E-state index contributed by atoms with van der Waals surface area (Å²) in [6.45, 7) is 24.4. The van der Waals surface area contributed by atoms with Gasteiger partial charge in [0.05, 0.1) is 22.3 Å². The minimum Gasteiger partial charge on any atom is -0.287 e. The van der Waals surface area contributed by atoms with Gasteiger partial charge in [0, 0.05) is 21.7 Å². The predicted molar refractivity (Wildman–Crippen MR) is 128 cm³/mol. The summed E-state index contributed by atoms with van der Waals surface area (Å²) in [5, 5.41) is 0. The van der Waals surface area contributed by atoms with Gasteiger partial charge >= 0.3 is 0 Å². The molecule has 30 heavy (non-hydrogen) atoms. The van der Waals surface area contributed by atoms with Gasteiger partial charge in [0.25, 0.3) is 0 Å². The quantitative estimate of drug-likeness (QED) is 0.432. The fraction of sp³-hybridized carbons (Fsp3) is 0.552. The molecule has 0 heterocycles. The Labute approximate surface area is 185 Å². The monoisotopic (exact) mass is 400 g/mol. The maximum absolute atomic E-state index is 13.4. The molecule has 0 unspecified atom stereocenters. The molecule has 0 aromatic heterocycles. The highest BCUT2D eigenvalue weighted by molar-refractivity contribution is 6.20. The molecule has 0 bridgehead atoms. The molecule has 0 aromatic carbocycles. The van der Waals surface area contributed by atoms with Crippen LogP contribution in [-0.2, 0) is 4.79 Å². The van der Waals surface area contributed by atoms with E-state index in [1.54, 1.807) is 0 Å². The van der Waals surface area contributed by atoms with E-state index in [1.165, 1.54) is 0 Å². The lowest BCUT2D eigenvalue weighted by atomic mass is 9.94. The van der Waals surface area contributed by atoms with Crippen LogP contribution in [0.5, 0.6) is 0 Å².